The Labute approximate surface area is 162 Å². The fraction of sp³-hybridized carbons (Fsp3) is 0.263. The van der Waals surface area contributed by atoms with Crippen LogP contribution in [-0.4, -0.2) is 31.9 Å². The molecule has 0 aromatic heterocycles. The highest BCUT2D eigenvalue weighted by atomic mass is 35.5. The highest BCUT2D eigenvalue weighted by Crippen LogP contribution is 2.21. The number of amides is 1. The molecule has 1 N–H and O–H groups in total. The van der Waals surface area contributed by atoms with E-state index in [1.165, 1.54) is 6.21 Å². The minimum atomic E-state index is -0.259. The van der Waals surface area contributed by atoms with Gasteiger partial charge in [-0.05, 0) is 43.2 Å². The number of oxime groups is 1. The van der Waals surface area contributed by atoms with Crippen molar-refractivity contribution < 1.29 is 14.4 Å². The summed E-state index contributed by atoms with van der Waals surface area (Å²) in [6.45, 7) is 2.75. The van der Waals surface area contributed by atoms with Crippen LogP contribution in [-0.2, 0) is 16.1 Å². The molecule has 0 heterocycles. The molecule has 0 atom stereocenters. The normalized spacial score (nSPS) is 10.7. The molecule has 7 heteroatoms. The topological polar surface area (TPSA) is 59.9 Å². The van der Waals surface area contributed by atoms with Gasteiger partial charge in [0.05, 0.1) is 12.8 Å². The summed E-state index contributed by atoms with van der Waals surface area (Å²) in [5.41, 5.74) is 1.70. The lowest BCUT2D eigenvalue weighted by molar-refractivity contribution is -0.125. The van der Waals surface area contributed by atoms with Crippen LogP contribution in [0, 0.1) is 0 Å². The lowest BCUT2D eigenvalue weighted by Crippen LogP contribution is -2.28. The molecule has 0 unspecified atom stereocenters. The fourth-order valence-electron chi connectivity index (χ4n) is 2.18. The van der Waals surface area contributed by atoms with E-state index in [2.05, 4.69) is 10.5 Å². The van der Waals surface area contributed by atoms with Crippen molar-refractivity contribution in [1.29, 1.82) is 0 Å². The summed E-state index contributed by atoms with van der Waals surface area (Å²) in [5, 5.41) is 7.73. The molecule has 2 rings (SSSR count). The first-order chi connectivity index (χ1) is 12.6. The molecule has 0 aliphatic heterocycles. The smallest absolute Gasteiger partial charge is 0.260 e. The minimum absolute atomic E-state index is 0.165. The highest BCUT2D eigenvalue weighted by Gasteiger charge is 2.04. The largest absolute Gasteiger partial charge is 0.493 e. The zero-order chi connectivity index (χ0) is 18.8. The van der Waals surface area contributed by atoms with Crippen molar-refractivity contribution in [3.63, 3.8) is 0 Å². The first-order valence-electron chi connectivity index (χ1n) is 8.18. The summed E-state index contributed by atoms with van der Waals surface area (Å²) in [6.07, 6.45) is 2.12. The molecule has 1 amide bonds. The molecule has 26 heavy (non-hydrogen) atoms. The van der Waals surface area contributed by atoms with E-state index < -0.39 is 0 Å². The Balaban J connectivity index is 1.72. The molecule has 0 spiro atoms. The number of para-hydroxylation sites is 1. The van der Waals surface area contributed by atoms with E-state index in [9.17, 15) is 4.79 Å². The van der Waals surface area contributed by atoms with E-state index in [0.717, 1.165) is 11.1 Å². The number of carbonyl (C=O) groups excluding carboxylic acids is 1. The Morgan fingerprint density at radius 3 is 2.81 bits per heavy atom. The van der Waals surface area contributed by atoms with Gasteiger partial charge in [-0.3, -0.25) is 4.79 Å². The molecular formula is C19H20Cl2N2O3. The second-order valence-corrected chi connectivity index (χ2v) is 6.16. The lowest BCUT2D eigenvalue weighted by Gasteiger charge is -2.07. The zero-order valence-corrected chi connectivity index (χ0v) is 15.9. The maximum absolute atomic E-state index is 11.8. The third-order valence-electron chi connectivity index (χ3n) is 3.41. The Bertz CT molecular complexity index is 766. The number of hydrogen-bond donors (Lipinski definition) is 1. The summed E-state index contributed by atoms with van der Waals surface area (Å²) < 4.78 is 5.48. The molecule has 0 aliphatic rings. The third kappa shape index (κ3) is 6.58. The monoisotopic (exact) mass is 394 g/mol. The van der Waals surface area contributed by atoms with Gasteiger partial charge in [-0.25, -0.2) is 0 Å². The van der Waals surface area contributed by atoms with Crippen molar-refractivity contribution in [2.24, 2.45) is 5.16 Å². The predicted octanol–water partition coefficient (Wildman–Crippen LogP) is 4.10. The van der Waals surface area contributed by atoms with Gasteiger partial charge in [-0.1, -0.05) is 46.6 Å². The lowest BCUT2D eigenvalue weighted by atomic mass is 10.1. The van der Waals surface area contributed by atoms with Gasteiger partial charge in [0.2, 0.25) is 0 Å². The van der Waals surface area contributed by atoms with Crippen LogP contribution in [0.15, 0.2) is 47.6 Å². The highest BCUT2D eigenvalue weighted by molar-refractivity contribution is 6.35. The van der Waals surface area contributed by atoms with Crippen LogP contribution in [0.2, 0.25) is 10.0 Å². The van der Waals surface area contributed by atoms with Crippen LogP contribution in [0.1, 0.15) is 18.1 Å². The minimum Gasteiger partial charge on any atom is -0.493 e. The van der Waals surface area contributed by atoms with Crippen molar-refractivity contribution in [3.05, 3.63) is 63.6 Å². The predicted molar refractivity (Wildman–Crippen MR) is 104 cm³/mol. The maximum Gasteiger partial charge on any atom is 0.260 e. The number of benzene rings is 2. The summed E-state index contributed by atoms with van der Waals surface area (Å²) in [7, 11) is 0. The standard InChI is InChI=1S/C19H20Cl2N2O3/c1-2-25-18-6-4-3-5-15(18)12-23-26-13-19(24)22-10-9-14-7-8-16(20)11-17(14)21/h3-8,11-12H,2,9-10,13H2,1H3,(H,22,24). The molecule has 0 radical (unpaired) electrons. The molecule has 0 saturated carbocycles. The van der Waals surface area contributed by atoms with E-state index in [-0.39, 0.29) is 12.5 Å². The quantitative estimate of drug-likeness (QED) is 0.514. The molecule has 2 aromatic rings. The Hall–Kier alpha value is -2.24. The molecule has 0 saturated heterocycles. The fourth-order valence-corrected chi connectivity index (χ4v) is 2.68. The van der Waals surface area contributed by atoms with Crippen LogP contribution in [0.5, 0.6) is 5.75 Å². The van der Waals surface area contributed by atoms with Crippen molar-refractivity contribution in [2.45, 2.75) is 13.3 Å². The van der Waals surface area contributed by atoms with Crippen molar-refractivity contribution in [3.8, 4) is 5.75 Å². The molecule has 0 fully saturated rings. The SMILES string of the molecule is CCOc1ccccc1C=NOCC(=O)NCCc1ccc(Cl)cc1Cl. The molecule has 5 nitrogen and oxygen atoms in total. The summed E-state index contributed by atoms with van der Waals surface area (Å²) in [6, 6.07) is 12.7. The van der Waals surface area contributed by atoms with Crippen molar-refractivity contribution in [2.75, 3.05) is 19.8 Å². The molecular weight excluding hydrogens is 375 g/mol. The van der Waals surface area contributed by atoms with Gasteiger partial charge < -0.3 is 14.9 Å². The number of halogens is 2. The first kappa shape index (κ1) is 20.1. The molecule has 0 bridgehead atoms. The van der Waals surface area contributed by atoms with Gasteiger partial charge in [0.1, 0.15) is 5.75 Å². The van der Waals surface area contributed by atoms with E-state index >= 15 is 0 Å². The van der Waals surface area contributed by atoms with Crippen LogP contribution < -0.4 is 10.1 Å². The van der Waals surface area contributed by atoms with Gasteiger partial charge in [-0.15, -0.1) is 0 Å². The summed E-state index contributed by atoms with van der Waals surface area (Å²) >= 11 is 11.9. The number of nitrogens with one attached hydrogen (secondary N) is 1. The number of ether oxygens (including phenoxy) is 1. The number of nitrogens with zero attached hydrogens (tertiary/aromatic N) is 1. The second-order valence-electron chi connectivity index (χ2n) is 5.31. The van der Waals surface area contributed by atoms with Crippen LogP contribution >= 0.6 is 23.2 Å². The molecule has 0 aliphatic carbocycles. The van der Waals surface area contributed by atoms with E-state index in [4.69, 9.17) is 32.8 Å². The summed E-state index contributed by atoms with van der Waals surface area (Å²) in [5.74, 6) is 0.456. The van der Waals surface area contributed by atoms with Crippen LogP contribution in [0.4, 0.5) is 0 Å². The van der Waals surface area contributed by atoms with E-state index in [1.807, 2.05) is 37.3 Å². The van der Waals surface area contributed by atoms with Gasteiger partial charge >= 0.3 is 0 Å². The Morgan fingerprint density at radius 2 is 2.04 bits per heavy atom. The first-order valence-corrected chi connectivity index (χ1v) is 8.93. The number of hydrogen-bond acceptors (Lipinski definition) is 4. The maximum atomic E-state index is 11.8. The molecule has 138 valence electrons. The van der Waals surface area contributed by atoms with Crippen molar-refractivity contribution >= 4 is 35.3 Å². The Kier molecular flexibility index (Phi) is 8.25. The van der Waals surface area contributed by atoms with Gasteiger partial charge in [-0.2, -0.15) is 0 Å². The van der Waals surface area contributed by atoms with Crippen LogP contribution in [0.3, 0.4) is 0 Å². The number of carbonyl (C=O) groups is 1. The number of rotatable bonds is 9. The van der Waals surface area contributed by atoms with Crippen molar-refractivity contribution in [1.82, 2.24) is 5.32 Å². The average Bonchev–Trinajstić information content (AvgIpc) is 2.62. The summed E-state index contributed by atoms with van der Waals surface area (Å²) in [4.78, 5) is 16.8. The van der Waals surface area contributed by atoms with Gasteiger partial charge in [0.25, 0.3) is 5.91 Å². The average molecular weight is 395 g/mol. The van der Waals surface area contributed by atoms with E-state index in [0.29, 0.717) is 35.4 Å². The Morgan fingerprint density at radius 1 is 1.23 bits per heavy atom. The third-order valence-corrected chi connectivity index (χ3v) is 4.00. The second kappa shape index (κ2) is 10.7. The van der Waals surface area contributed by atoms with Crippen LogP contribution in [0.25, 0.3) is 0 Å². The molecule has 2 aromatic carbocycles. The van der Waals surface area contributed by atoms with E-state index in [1.54, 1.807) is 12.1 Å². The van der Waals surface area contributed by atoms with Gasteiger partial charge in [0, 0.05) is 22.2 Å². The zero-order valence-electron chi connectivity index (χ0n) is 14.4. The van der Waals surface area contributed by atoms with Gasteiger partial charge in [0.15, 0.2) is 6.61 Å².